The van der Waals surface area contributed by atoms with Crippen LogP contribution in [0.2, 0.25) is 0 Å². The van der Waals surface area contributed by atoms with Crippen LogP contribution in [-0.2, 0) is 0 Å². The average molecular weight is 322 g/mol. The fraction of sp³-hybridized carbons (Fsp3) is 0.667. The molecule has 0 unspecified atom stereocenters. The molecule has 5 heteroatoms. The summed E-state index contributed by atoms with van der Waals surface area (Å²) in [6.45, 7) is 6.44. The Morgan fingerprint density at radius 3 is 2.17 bits per heavy atom. The molecule has 0 aliphatic carbocycles. The summed E-state index contributed by atoms with van der Waals surface area (Å²) < 4.78 is 16.6. The van der Waals surface area contributed by atoms with Crippen molar-refractivity contribution in [2.75, 3.05) is 47.5 Å². The van der Waals surface area contributed by atoms with Crippen molar-refractivity contribution in [1.82, 2.24) is 10.2 Å². The van der Waals surface area contributed by atoms with E-state index in [2.05, 4.69) is 23.2 Å². The van der Waals surface area contributed by atoms with Gasteiger partial charge in [0, 0.05) is 43.9 Å². The highest BCUT2D eigenvalue weighted by molar-refractivity contribution is 5.52. The summed E-state index contributed by atoms with van der Waals surface area (Å²) in [4.78, 5) is 2.55. The van der Waals surface area contributed by atoms with Crippen molar-refractivity contribution >= 4 is 0 Å². The van der Waals surface area contributed by atoms with Crippen molar-refractivity contribution in [2.45, 2.75) is 32.2 Å². The Kier molecular flexibility index (Phi) is 6.99. The minimum Gasteiger partial charge on any atom is -0.496 e. The Hall–Kier alpha value is -1.46. The molecule has 1 aromatic rings. The monoisotopic (exact) mass is 322 g/mol. The van der Waals surface area contributed by atoms with Crippen molar-refractivity contribution in [3.05, 3.63) is 17.7 Å². The molecule has 1 aliphatic heterocycles. The highest BCUT2D eigenvalue weighted by Crippen LogP contribution is 2.40. The van der Waals surface area contributed by atoms with Crippen LogP contribution in [0, 0.1) is 0 Å². The largest absolute Gasteiger partial charge is 0.496 e. The maximum atomic E-state index is 5.66. The van der Waals surface area contributed by atoms with Gasteiger partial charge in [-0.15, -0.1) is 0 Å². The van der Waals surface area contributed by atoms with Crippen molar-refractivity contribution in [3.8, 4) is 17.2 Å². The highest BCUT2D eigenvalue weighted by atomic mass is 16.5. The molecule has 0 bridgehead atoms. The van der Waals surface area contributed by atoms with E-state index in [4.69, 9.17) is 14.2 Å². The van der Waals surface area contributed by atoms with E-state index in [0.717, 1.165) is 44.1 Å². The molecule has 0 radical (unpaired) electrons. The van der Waals surface area contributed by atoms with Gasteiger partial charge in [-0.1, -0.05) is 19.8 Å². The second-order valence-electron chi connectivity index (χ2n) is 5.89. The van der Waals surface area contributed by atoms with Gasteiger partial charge in [0.25, 0.3) is 0 Å². The van der Waals surface area contributed by atoms with Crippen molar-refractivity contribution in [3.63, 3.8) is 0 Å². The minimum atomic E-state index is 0.354. The van der Waals surface area contributed by atoms with Gasteiger partial charge in [0.1, 0.15) is 5.75 Å². The number of benzene rings is 1. The average Bonchev–Trinajstić information content (AvgIpc) is 2.62. The normalized spacial score (nSPS) is 16.9. The molecule has 1 aliphatic rings. The van der Waals surface area contributed by atoms with Gasteiger partial charge in [-0.25, -0.2) is 0 Å². The number of rotatable bonds is 8. The lowest BCUT2D eigenvalue weighted by atomic mass is 9.97. The van der Waals surface area contributed by atoms with Gasteiger partial charge >= 0.3 is 0 Å². The minimum absolute atomic E-state index is 0.354. The molecule has 0 spiro atoms. The topological polar surface area (TPSA) is 43.0 Å². The number of hydrogen-bond donors (Lipinski definition) is 1. The summed E-state index contributed by atoms with van der Waals surface area (Å²) in [6.07, 6.45) is 3.52. The third-order valence-electron chi connectivity index (χ3n) is 4.52. The van der Waals surface area contributed by atoms with Gasteiger partial charge < -0.3 is 19.5 Å². The van der Waals surface area contributed by atoms with Crippen LogP contribution < -0.4 is 19.5 Å². The SMILES string of the molecule is CCCC[C@@H](c1cc(OC)c(OC)cc1OC)N1CCNCC1. The van der Waals surface area contributed by atoms with Crippen LogP contribution in [0.5, 0.6) is 17.2 Å². The Morgan fingerprint density at radius 1 is 1.00 bits per heavy atom. The molecule has 1 atom stereocenters. The van der Waals surface area contributed by atoms with Crippen molar-refractivity contribution < 1.29 is 14.2 Å². The molecule has 0 amide bonds. The molecule has 1 N–H and O–H groups in total. The lowest BCUT2D eigenvalue weighted by Gasteiger charge is -2.36. The smallest absolute Gasteiger partial charge is 0.164 e. The third kappa shape index (κ3) is 4.30. The number of hydrogen-bond acceptors (Lipinski definition) is 5. The Balaban J connectivity index is 2.38. The predicted octanol–water partition coefficient (Wildman–Crippen LogP) is 2.85. The van der Waals surface area contributed by atoms with Crippen LogP contribution in [0.4, 0.5) is 0 Å². The molecule has 1 heterocycles. The first kappa shape index (κ1) is 17.9. The van der Waals surface area contributed by atoms with E-state index < -0.39 is 0 Å². The van der Waals surface area contributed by atoms with Crippen LogP contribution in [0.25, 0.3) is 0 Å². The van der Waals surface area contributed by atoms with E-state index in [1.54, 1.807) is 21.3 Å². The fourth-order valence-corrected chi connectivity index (χ4v) is 3.24. The molecule has 130 valence electrons. The molecular formula is C18H30N2O3. The lowest BCUT2D eigenvalue weighted by Crippen LogP contribution is -2.45. The van der Waals surface area contributed by atoms with Crippen LogP contribution in [0.1, 0.15) is 37.8 Å². The zero-order chi connectivity index (χ0) is 16.7. The Bertz CT molecular complexity index is 487. The quantitative estimate of drug-likeness (QED) is 0.797. The fourth-order valence-electron chi connectivity index (χ4n) is 3.24. The number of nitrogens with zero attached hydrogens (tertiary/aromatic N) is 1. The molecule has 0 aromatic heterocycles. The van der Waals surface area contributed by atoms with Crippen LogP contribution >= 0.6 is 0 Å². The molecule has 1 fully saturated rings. The Morgan fingerprint density at radius 2 is 1.61 bits per heavy atom. The molecule has 5 nitrogen and oxygen atoms in total. The molecule has 2 rings (SSSR count). The van der Waals surface area contributed by atoms with Crippen LogP contribution in [-0.4, -0.2) is 52.4 Å². The zero-order valence-corrected chi connectivity index (χ0v) is 14.9. The highest BCUT2D eigenvalue weighted by Gasteiger charge is 2.26. The summed E-state index contributed by atoms with van der Waals surface area (Å²) in [5, 5.41) is 3.43. The second kappa shape index (κ2) is 8.99. The van der Waals surface area contributed by atoms with Gasteiger partial charge in [-0.3, -0.25) is 4.90 Å². The summed E-state index contributed by atoms with van der Waals surface area (Å²) in [5.41, 5.74) is 1.19. The summed E-state index contributed by atoms with van der Waals surface area (Å²) >= 11 is 0. The molecular weight excluding hydrogens is 292 g/mol. The van der Waals surface area contributed by atoms with Crippen LogP contribution in [0.15, 0.2) is 12.1 Å². The maximum absolute atomic E-state index is 5.66. The van der Waals surface area contributed by atoms with E-state index in [-0.39, 0.29) is 0 Å². The third-order valence-corrected chi connectivity index (χ3v) is 4.52. The number of nitrogens with one attached hydrogen (secondary N) is 1. The molecule has 1 aromatic carbocycles. The van der Waals surface area contributed by atoms with Crippen LogP contribution in [0.3, 0.4) is 0 Å². The van der Waals surface area contributed by atoms with Crippen molar-refractivity contribution in [2.24, 2.45) is 0 Å². The second-order valence-corrected chi connectivity index (χ2v) is 5.89. The number of unbranched alkanes of at least 4 members (excludes halogenated alkanes) is 1. The number of ether oxygens (including phenoxy) is 3. The lowest BCUT2D eigenvalue weighted by molar-refractivity contribution is 0.160. The number of methoxy groups -OCH3 is 3. The Labute approximate surface area is 139 Å². The van der Waals surface area contributed by atoms with Gasteiger partial charge in [0.15, 0.2) is 11.5 Å². The first-order valence-corrected chi connectivity index (χ1v) is 8.49. The van der Waals surface area contributed by atoms with E-state index >= 15 is 0 Å². The first-order valence-electron chi connectivity index (χ1n) is 8.49. The predicted molar refractivity (Wildman–Crippen MR) is 92.8 cm³/mol. The number of piperazine rings is 1. The van der Waals surface area contributed by atoms with Gasteiger partial charge in [0.05, 0.1) is 21.3 Å². The first-order chi connectivity index (χ1) is 11.2. The van der Waals surface area contributed by atoms with Gasteiger partial charge in [-0.2, -0.15) is 0 Å². The summed E-state index contributed by atoms with van der Waals surface area (Å²) in [5.74, 6) is 2.35. The standard InChI is InChI=1S/C18H30N2O3/c1-5-6-7-15(20-10-8-19-9-11-20)14-12-17(22-3)18(23-4)13-16(14)21-2/h12-13,15,19H,5-11H2,1-4H3/t15-/m0/s1. The van der Waals surface area contributed by atoms with E-state index in [1.807, 2.05) is 6.07 Å². The summed E-state index contributed by atoms with van der Waals surface area (Å²) in [6, 6.07) is 4.38. The molecule has 1 saturated heterocycles. The molecule has 0 saturated carbocycles. The van der Waals surface area contributed by atoms with Gasteiger partial charge in [-0.05, 0) is 12.5 Å². The van der Waals surface area contributed by atoms with Crippen molar-refractivity contribution in [1.29, 1.82) is 0 Å². The summed E-state index contributed by atoms with van der Waals surface area (Å²) in [7, 11) is 5.06. The van der Waals surface area contributed by atoms with E-state index in [0.29, 0.717) is 11.8 Å². The van der Waals surface area contributed by atoms with E-state index in [9.17, 15) is 0 Å². The van der Waals surface area contributed by atoms with E-state index in [1.165, 1.54) is 18.4 Å². The zero-order valence-electron chi connectivity index (χ0n) is 14.9. The maximum Gasteiger partial charge on any atom is 0.164 e. The molecule has 23 heavy (non-hydrogen) atoms. The van der Waals surface area contributed by atoms with Gasteiger partial charge in [0.2, 0.25) is 0 Å².